The molecule has 0 spiro atoms. The number of fused-ring (bicyclic) bond motifs is 4. The molecule has 3 aliphatic heterocycles. The maximum absolute atomic E-state index is 12.8. The summed E-state index contributed by atoms with van der Waals surface area (Å²) in [7, 11) is 0. The molecule has 0 unspecified atom stereocenters. The third kappa shape index (κ3) is 2.64. The third-order valence-electron chi connectivity index (χ3n) is 5.38. The van der Waals surface area contributed by atoms with Gasteiger partial charge in [-0.15, -0.1) is 0 Å². The molecule has 0 radical (unpaired) electrons. The second kappa shape index (κ2) is 5.65. The summed E-state index contributed by atoms with van der Waals surface area (Å²) < 4.78 is 0. The Morgan fingerprint density at radius 2 is 2.04 bits per heavy atom. The average molecular weight is 316 g/mol. The number of nitrogens with one attached hydrogen (secondary N) is 1. The van der Waals surface area contributed by atoms with Gasteiger partial charge < -0.3 is 9.80 Å². The highest BCUT2D eigenvalue weighted by Crippen LogP contribution is 2.39. The topological polar surface area (TPSA) is 69.3 Å². The van der Waals surface area contributed by atoms with Crippen molar-refractivity contribution >= 4 is 11.8 Å². The molecular weight excluding hydrogens is 292 g/mol. The molecule has 1 N–H and O–H groups in total. The lowest BCUT2D eigenvalue weighted by Gasteiger charge is -2.35. The summed E-state index contributed by atoms with van der Waals surface area (Å²) in [5, 5.41) is 7.22. The number of piperidine rings is 1. The molecule has 2 bridgehead atoms. The second-order valence-electron chi connectivity index (χ2n) is 7.15. The number of carbonyl (C=O) groups excluding carboxylic acids is 2. The lowest BCUT2D eigenvalue weighted by atomic mass is 9.94. The largest absolute Gasteiger partial charge is 0.338 e. The van der Waals surface area contributed by atoms with E-state index in [2.05, 4.69) is 17.1 Å². The van der Waals surface area contributed by atoms with Crippen LogP contribution in [0.15, 0.2) is 6.07 Å². The van der Waals surface area contributed by atoms with E-state index in [0.29, 0.717) is 24.7 Å². The molecule has 2 amide bonds. The molecule has 4 aliphatic rings. The zero-order valence-corrected chi connectivity index (χ0v) is 13.6. The number of hydrogen-bond acceptors (Lipinski definition) is 3. The molecule has 3 saturated heterocycles. The molecular formula is C17H24N4O2. The fourth-order valence-corrected chi connectivity index (χ4v) is 3.95. The summed E-state index contributed by atoms with van der Waals surface area (Å²) >= 11 is 0. The molecule has 5 rings (SSSR count). The molecule has 4 fully saturated rings. The first kappa shape index (κ1) is 14.7. The van der Waals surface area contributed by atoms with E-state index < -0.39 is 0 Å². The third-order valence-corrected chi connectivity index (χ3v) is 5.38. The van der Waals surface area contributed by atoms with Crippen LogP contribution in [0.1, 0.15) is 61.1 Å². The summed E-state index contributed by atoms with van der Waals surface area (Å²) in [6.45, 7) is 4.08. The minimum Gasteiger partial charge on any atom is -0.338 e. The minimum absolute atomic E-state index is 0.0313. The number of nitrogens with zero attached hydrogens (tertiary/aromatic N) is 3. The van der Waals surface area contributed by atoms with Crippen LogP contribution >= 0.6 is 0 Å². The number of carbonyl (C=O) groups is 2. The van der Waals surface area contributed by atoms with E-state index in [1.54, 1.807) is 0 Å². The van der Waals surface area contributed by atoms with Crippen molar-refractivity contribution in [3.8, 4) is 0 Å². The molecule has 23 heavy (non-hydrogen) atoms. The van der Waals surface area contributed by atoms with Crippen LogP contribution in [0, 0.1) is 5.92 Å². The first-order chi connectivity index (χ1) is 11.2. The van der Waals surface area contributed by atoms with Crippen LogP contribution in [0.5, 0.6) is 0 Å². The van der Waals surface area contributed by atoms with E-state index in [9.17, 15) is 9.59 Å². The van der Waals surface area contributed by atoms with Crippen LogP contribution < -0.4 is 0 Å². The zero-order chi connectivity index (χ0) is 16.0. The first-order valence-corrected chi connectivity index (χ1v) is 8.82. The Hall–Kier alpha value is -1.85. The normalized spacial score (nSPS) is 27.4. The summed E-state index contributed by atoms with van der Waals surface area (Å²) in [5.74, 6) is 0.729. The number of amides is 2. The predicted molar refractivity (Wildman–Crippen MR) is 85.0 cm³/mol. The Balaban J connectivity index is 1.52. The SMILES string of the molecule is CCCN1C(=O)[C@H]2CC[C@@H]1CN(C(=O)c1cc(C3CC3)[nH]n1)C2. The summed E-state index contributed by atoms with van der Waals surface area (Å²) in [6, 6.07) is 2.07. The first-order valence-electron chi connectivity index (χ1n) is 8.82. The molecule has 1 aromatic heterocycles. The van der Waals surface area contributed by atoms with Crippen molar-refractivity contribution < 1.29 is 9.59 Å². The summed E-state index contributed by atoms with van der Waals surface area (Å²) in [4.78, 5) is 29.2. The Kier molecular flexibility index (Phi) is 3.62. The van der Waals surface area contributed by atoms with E-state index >= 15 is 0 Å². The number of hydrogen-bond donors (Lipinski definition) is 1. The minimum atomic E-state index is -0.0360. The Labute approximate surface area is 136 Å². The lowest BCUT2D eigenvalue weighted by molar-refractivity contribution is -0.139. The van der Waals surface area contributed by atoms with Gasteiger partial charge >= 0.3 is 0 Å². The fraction of sp³-hybridized carbons (Fsp3) is 0.706. The van der Waals surface area contributed by atoms with Crippen LogP contribution in [-0.2, 0) is 4.79 Å². The van der Waals surface area contributed by atoms with Crippen LogP contribution in [0.4, 0.5) is 0 Å². The second-order valence-corrected chi connectivity index (χ2v) is 7.15. The van der Waals surface area contributed by atoms with Gasteiger partial charge in [-0.05, 0) is 38.2 Å². The highest BCUT2D eigenvalue weighted by atomic mass is 16.2. The van der Waals surface area contributed by atoms with Crippen molar-refractivity contribution in [2.75, 3.05) is 19.6 Å². The van der Waals surface area contributed by atoms with Crippen molar-refractivity contribution in [1.29, 1.82) is 0 Å². The number of aromatic amines is 1. The molecule has 6 heteroatoms. The van der Waals surface area contributed by atoms with Crippen molar-refractivity contribution in [3.63, 3.8) is 0 Å². The number of aromatic nitrogens is 2. The van der Waals surface area contributed by atoms with Crippen LogP contribution in [0.25, 0.3) is 0 Å². The number of rotatable bonds is 4. The van der Waals surface area contributed by atoms with Crippen molar-refractivity contribution in [2.45, 2.75) is 51.0 Å². The van der Waals surface area contributed by atoms with E-state index in [1.807, 2.05) is 15.9 Å². The maximum atomic E-state index is 12.8. The molecule has 1 aliphatic carbocycles. The predicted octanol–water partition coefficient (Wildman–Crippen LogP) is 1.76. The van der Waals surface area contributed by atoms with Crippen molar-refractivity contribution in [3.05, 3.63) is 17.5 Å². The number of H-pyrrole nitrogens is 1. The molecule has 4 heterocycles. The van der Waals surface area contributed by atoms with Crippen LogP contribution in [0.3, 0.4) is 0 Å². The van der Waals surface area contributed by atoms with Gasteiger partial charge in [0, 0.05) is 37.3 Å². The quantitative estimate of drug-likeness (QED) is 0.920. The maximum Gasteiger partial charge on any atom is 0.274 e. The molecule has 2 atom stereocenters. The highest BCUT2D eigenvalue weighted by Gasteiger charge is 2.42. The van der Waals surface area contributed by atoms with Gasteiger partial charge in [0.1, 0.15) is 5.69 Å². The van der Waals surface area contributed by atoms with Gasteiger partial charge in [0.25, 0.3) is 5.91 Å². The fourth-order valence-electron chi connectivity index (χ4n) is 3.95. The van der Waals surface area contributed by atoms with Gasteiger partial charge in [-0.1, -0.05) is 6.92 Å². The van der Waals surface area contributed by atoms with E-state index in [-0.39, 0.29) is 23.8 Å². The standard InChI is InChI=1S/C17H24N4O2/c1-2-7-21-13-6-5-12(16(21)22)9-20(10-13)17(23)15-8-14(18-19-15)11-3-4-11/h8,11-13H,2-7,9-10H2,1H3,(H,18,19)/t12-,13+/m0/s1. The summed E-state index contributed by atoms with van der Waals surface area (Å²) in [6.07, 6.45) is 5.25. The van der Waals surface area contributed by atoms with E-state index in [1.165, 1.54) is 12.8 Å². The highest BCUT2D eigenvalue weighted by molar-refractivity contribution is 5.93. The average Bonchev–Trinajstić information content (AvgIpc) is 3.34. The summed E-state index contributed by atoms with van der Waals surface area (Å²) in [5.41, 5.74) is 1.58. The Bertz CT molecular complexity index is 622. The van der Waals surface area contributed by atoms with Gasteiger partial charge in [-0.2, -0.15) is 5.10 Å². The Morgan fingerprint density at radius 3 is 2.78 bits per heavy atom. The van der Waals surface area contributed by atoms with E-state index in [4.69, 9.17) is 0 Å². The molecule has 1 saturated carbocycles. The molecule has 1 aromatic rings. The van der Waals surface area contributed by atoms with Gasteiger partial charge in [0.15, 0.2) is 0 Å². The van der Waals surface area contributed by atoms with E-state index in [0.717, 1.165) is 31.5 Å². The smallest absolute Gasteiger partial charge is 0.274 e. The molecule has 124 valence electrons. The molecule has 0 aromatic carbocycles. The van der Waals surface area contributed by atoms with Gasteiger partial charge in [-0.3, -0.25) is 14.7 Å². The van der Waals surface area contributed by atoms with Gasteiger partial charge in [0.2, 0.25) is 5.91 Å². The lowest BCUT2D eigenvalue weighted by Crippen LogP contribution is -2.48. The van der Waals surface area contributed by atoms with Crippen molar-refractivity contribution in [2.24, 2.45) is 5.92 Å². The van der Waals surface area contributed by atoms with Crippen LogP contribution in [0.2, 0.25) is 0 Å². The van der Waals surface area contributed by atoms with Gasteiger partial charge in [-0.25, -0.2) is 0 Å². The van der Waals surface area contributed by atoms with Crippen molar-refractivity contribution in [1.82, 2.24) is 20.0 Å². The Morgan fingerprint density at radius 1 is 1.26 bits per heavy atom. The van der Waals surface area contributed by atoms with Gasteiger partial charge in [0.05, 0.1) is 5.92 Å². The zero-order valence-electron chi connectivity index (χ0n) is 13.6. The monoisotopic (exact) mass is 316 g/mol. The molecule has 6 nitrogen and oxygen atoms in total. The van der Waals surface area contributed by atoms with Crippen LogP contribution in [-0.4, -0.2) is 57.5 Å².